The molecule has 0 fully saturated rings. The molecule has 26 heavy (non-hydrogen) atoms. The van der Waals surface area contributed by atoms with E-state index in [4.69, 9.17) is 23.2 Å². The van der Waals surface area contributed by atoms with Crippen LogP contribution < -0.4 is 10.2 Å². The van der Waals surface area contributed by atoms with Crippen LogP contribution in [-0.4, -0.2) is 37.5 Å². The number of benzene rings is 2. The zero-order chi connectivity index (χ0) is 19.3. The van der Waals surface area contributed by atoms with E-state index in [-0.39, 0.29) is 11.9 Å². The zero-order valence-electron chi connectivity index (χ0n) is 15.6. The number of carbonyl (C=O) groups is 1. The largest absolute Gasteiger partial charge is 0.378 e. The summed E-state index contributed by atoms with van der Waals surface area (Å²) in [4.78, 5) is 16.8. The molecule has 0 aliphatic carbocycles. The second kappa shape index (κ2) is 9.26. The summed E-state index contributed by atoms with van der Waals surface area (Å²) in [6.07, 6.45) is 0. The molecule has 4 nitrogen and oxygen atoms in total. The Kier molecular flexibility index (Phi) is 7.33. The molecule has 0 aliphatic rings. The van der Waals surface area contributed by atoms with Crippen molar-refractivity contribution in [2.24, 2.45) is 0 Å². The molecule has 1 N–H and O–H groups in total. The maximum atomic E-state index is 12.6. The van der Waals surface area contributed by atoms with E-state index in [0.717, 1.165) is 17.8 Å². The van der Waals surface area contributed by atoms with Crippen LogP contribution in [0, 0.1) is 0 Å². The first-order valence-corrected chi connectivity index (χ1v) is 9.33. The van der Waals surface area contributed by atoms with Crippen molar-refractivity contribution in [2.75, 3.05) is 30.9 Å². The molecule has 140 valence electrons. The predicted molar refractivity (Wildman–Crippen MR) is 111 cm³/mol. The molecular weight excluding hydrogens is 369 g/mol. The lowest BCUT2D eigenvalue weighted by Crippen LogP contribution is -2.41. The fourth-order valence-electron chi connectivity index (χ4n) is 2.65. The summed E-state index contributed by atoms with van der Waals surface area (Å²) in [6, 6.07) is 13.1. The molecule has 0 radical (unpaired) electrons. The minimum absolute atomic E-state index is 0.110. The lowest BCUT2D eigenvalue weighted by atomic mass is 10.1. The van der Waals surface area contributed by atoms with Crippen molar-refractivity contribution < 1.29 is 4.79 Å². The van der Waals surface area contributed by atoms with Gasteiger partial charge in [-0.05, 0) is 49.4 Å². The highest BCUT2D eigenvalue weighted by atomic mass is 35.5. The van der Waals surface area contributed by atoms with Crippen molar-refractivity contribution in [3.63, 3.8) is 0 Å². The third-order valence-corrected chi connectivity index (χ3v) is 4.92. The number of likely N-dealkylation sites (N-methyl/N-ethyl adjacent to an activating group) is 1. The fraction of sp³-hybridized carbons (Fsp3) is 0.350. The van der Waals surface area contributed by atoms with Gasteiger partial charge in [0.15, 0.2) is 0 Å². The summed E-state index contributed by atoms with van der Waals surface area (Å²) < 4.78 is 0. The summed E-state index contributed by atoms with van der Waals surface area (Å²) in [7, 11) is 4.03. The number of hydrogen-bond donors (Lipinski definition) is 1. The topological polar surface area (TPSA) is 35.6 Å². The van der Waals surface area contributed by atoms with Crippen molar-refractivity contribution in [1.29, 1.82) is 0 Å². The molecule has 0 aromatic heterocycles. The van der Waals surface area contributed by atoms with Gasteiger partial charge in [-0.1, -0.05) is 42.3 Å². The predicted octanol–water partition coefficient (Wildman–Crippen LogP) is 4.91. The Morgan fingerprint density at radius 3 is 2.35 bits per heavy atom. The molecule has 6 heteroatoms. The van der Waals surface area contributed by atoms with E-state index in [1.165, 1.54) is 0 Å². The van der Waals surface area contributed by atoms with E-state index >= 15 is 0 Å². The molecule has 1 amide bonds. The van der Waals surface area contributed by atoms with Gasteiger partial charge in [0.2, 0.25) is 5.91 Å². The number of rotatable bonds is 7. The SMILES string of the molecule is CCN(Cc1ccc(N(C)C)cc1)[C@@H](C)C(=O)Nc1cc(Cl)ccc1Cl. The second-order valence-electron chi connectivity index (χ2n) is 6.41. The average Bonchev–Trinajstić information content (AvgIpc) is 2.62. The molecule has 2 aromatic rings. The molecule has 0 saturated carbocycles. The van der Waals surface area contributed by atoms with Crippen LogP contribution in [0.3, 0.4) is 0 Å². The monoisotopic (exact) mass is 393 g/mol. The molecule has 1 atom stereocenters. The first-order chi connectivity index (χ1) is 12.3. The number of nitrogens with zero attached hydrogens (tertiary/aromatic N) is 2. The van der Waals surface area contributed by atoms with Gasteiger partial charge in [0.1, 0.15) is 0 Å². The minimum atomic E-state index is -0.302. The van der Waals surface area contributed by atoms with Gasteiger partial charge >= 0.3 is 0 Å². The van der Waals surface area contributed by atoms with Gasteiger partial charge in [0, 0.05) is 31.4 Å². The van der Waals surface area contributed by atoms with Crippen molar-refractivity contribution in [2.45, 2.75) is 26.4 Å². The summed E-state index contributed by atoms with van der Waals surface area (Å²) >= 11 is 12.1. The van der Waals surface area contributed by atoms with Crippen LogP contribution in [0.2, 0.25) is 10.0 Å². The third-order valence-electron chi connectivity index (χ3n) is 4.36. The molecule has 2 aromatic carbocycles. The minimum Gasteiger partial charge on any atom is -0.378 e. The van der Waals surface area contributed by atoms with E-state index < -0.39 is 0 Å². The van der Waals surface area contributed by atoms with E-state index in [0.29, 0.717) is 22.3 Å². The summed E-state index contributed by atoms with van der Waals surface area (Å²) in [5.41, 5.74) is 2.85. The van der Waals surface area contributed by atoms with E-state index in [2.05, 4.69) is 39.4 Å². The molecule has 0 heterocycles. The highest BCUT2D eigenvalue weighted by Gasteiger charge is 2.21. The standard InChI is InChI=1S/C20H25Cl2N3O/c1-5-25(13-15-6-9-17(10-7-15)24(3)4)14(2)20(26)23-19-12-16(21)8-11-18(19)22/h6-12,14H,5,13H2,1-4H3,(H,23,26)/t14-/m0/s1. The zero-order valence-corrected chi connectivity index (χ0v) is 17.1. The highest BCUT2D eigenvalue weighted by Crippen LogP contribution is 2.26. The first kappa shape index (κ1) is 20.6. The number of anilines is 2. The first-order valence-electron chi connectivity index (χ1n) is 8.58. The van der Waals surface area contributed by atoms with Gasteiger partial charge in [-0.2, -0.15) is 0 Å². The normalized spacial score (nSPS) is 12.1. The van der Waals surface area contributed by atoms with Gasteiger partial charge in [-0.15, -0.1) is 0 Å². The molecule has 0 bridgehead atoms. The van der Waals surface area contributed by atoms with Crippen molar-refractivity contribution in [3.8, 4) is 0 Å². The Morgan fingerprint density at radius 2 is 1.77 bits per heavy atom. The van der Waals surface area contributed by atoms with Crippen LogP contribution in [0.15, 0.2) is 42.5 Å². The lowest BCUT2D eigenvalue weighted by molar-refractivity contribution is -0.120. The van der Waals surface area contributed by atoms with Crippen molar-refractivity contribution in [1.82, 2.24) is 4.90 Å². The maximum Gasteiger partial charge on any atom is 0.241 e. The Morgan fingerprint density at radius 1 is 1.12 bits per heavy atom. The van der Waals surface area contributed by atoms with Crippen LogP contribution in [0.25, 0.3) is 0 Å². The third kappa shape index (κ3) is 5.37. The van der Waals surface area contributed by atoms with E-state index in [9.17, 15) is 4.79 Å². The van der Waals surface area contributed by atoms with E-state index in [1.54, 1.807) is 18.2 Å². The highest BCUT2D eigenvalue weighted by molar-refractivity contribution is 6.35. The van der Waals surface area contributed by atoms with Crippen LogP contribution in [0.4, 0.5) is 11.4 Å². The van der Waals surface area contributed by atoms with Crippen molar-refractivity contribution >= 4 is 40.5 Å². The van der Waals surface area contributed by atoms with Crippen LogP contribution in [-0.2, 0) is 11.3 Å². The van der Waals surface area contributed by atoms with Gasteiger partial charge in [0.05, 0.1) is 16.8 Å². The number of carbonyl (C=O) groups excluding carboxylic acids is 1. The summed E-state index contributed by atoms with van der Waals surface area (Å²) in [5.74, 6) is -0.110. The molecule has 0 aliphatic heterocycles. The Bertz CT molecular complexity index is 747. The number of hydrogen-bond acceptors (Lipinski definition) is 3. The Balaban J connectivity index is 2.05. The number of halogens is 2. The molecule has 0 unspecified atom stereocenters. The van der Waals surface area contributed by atoms with Crippen LogP contribution in [0.5, 0.6) is 0 Å². The Labute approximate surface area is 165 Å². The smallest absolute Gasteiger partial charge is 0.241 e. The molecule has 2 rings (SSSR count). The summed E-state index contributed by atoms with van der Waals surface area (Å²) in [6.45, 7) is 5.39. The second-order valence-corrected chi connectivity index (χ2v) is 7.26. The summed E-state index contributed by atoms with van der Waals surface area (Å²) in [5, 5.41) is 3.87. The maximum absolute atomic E-state index is 12.6. The average molecular weight is 394 g/mol. The lowest BCUT2D eigenvalue weighted by Gasteiger charge is -2.27. The van der Waals surface area contributed by atoms with Gasteiger partial charge in [0.25, 0.3) is 0 Å². The quantitative estimate of drug-likeness (QED) is 0.725. The Hall–Kier alpha value is -1.75. The number of amides is 1. The van der Waals surface area contributed by atoms with Gasteiger partial charge in [-0.3, -0.25) is 9.69 Å². The van der Waals surface area contributed by atoms with Crippen LogP contribution >= 0.6 is 23.2 Å². The van der Waals surface area contributed by atoms with Crippen LogP contribution in [0.1, 0.15) is 19.4 Å². The van der Waals surface area contributed by atoms with Crippen molar-refractivity contribution in [3.05, 3.63) is 58.1 Å². The van der Waals surface area contributed by atoms with Gasteiger partial charge in [-0.25, -0.2) is 0 Å². The van der Waals surface area contributed by atoms with E-state index in [1.807, 2.05) is 27.9 Å². The molecular formula is C20H25Cl2N3O. The fourth-order valence-corrected chi connectivity index (χ4v) is 2.99. The molecule has 0 spiro atoms. The van der Waals surface area contributed by atoms with Gasteiger partial charge < -0.3 is 10.2 Å². The number of nitrogens with one attached hydrogen (secondary N) is 1. The molecule has 0 saturated heterocycles.